The van der Waals surface area contributed by atoms with Crippen LogP contribution in [-0.2, 0) is 20.4 Å². The Morgan fingerprint density at radius 2 is 1.42 bits per heavy atom. The number of hydrogen-bond donors (Lipinski definition) is 2. The molecular weight excluding hydrogens is 541 g/mol. The number of rotatable bonds is 12. The Balaban J connectivity index is 2.27. The van der Waals surface area contributed by atoms with E-state index in [1.807, 2.05) is 0 Å². The van der Waals surface area contributed by atoms with Gasteiger partial charge in [0.05, 0.1) is 25.0 Å². The molecular formula is C22H34FN7O6S2. The maximum atomic E-state index is 14.4. The number of amides is 2. The van der Waals surface area contributed by atoms with Gasteiger partial charge < -0.3 is 15.4 Å². The van der Waals surface area contributed by atoms with Gasteiger partial charge in [-0.05, 0) is 25.1 Å². The topological polar surface area (TPSA) is 144 Å². The second-order valence-corrected chi connectivity index (χ2v) is 13.3. The van der Waals surface area contributed by atoms with Gasteiger partial charge in [0, 0.05) is 65.8 Å². The third-order valence-electron chi connectivity index (χ3n) is 5.23. The fraction of sp³-hybridized carbons (Fsp3) is 0.455. The largest absolute Gasteiger partial charge is 0.487 e. The summed E-state index contributed by atoms with van der Waals surface area (Å²) in [5, 5.41) is 5.07. The second-order valence-electron chi connectivity index (χ2n) is 8.82. The summed E-state index contributed by atoms with van der Waals surface area (Å²) in [6, 6.07) is 6.16. The molecule has 0 radical (unpaired) electrons. The smallest absolute Gasteiger partial charge is 0.323 e. The van der Waals surface area contributed by atoms with Gasteiger partial charge in [0.2, 0.25) is 0 Å². The van der Waals surface area contributed by atoms with Crippen LogP contribution >= 0.6 is 0 Å². The van der Waals surface area contributed by atoms with Crippen LogP contribution in [0.15, 0.2) is 36.5 Å². The van der Waals surface area contributed by atoms with Crippen LogP contribution in [0.1, 0.15) is 5.69 Å². The number of likely N-dealkylation sites (N-methyl/N-ethyl adjacent to an activating group) is 2. The standard InChI is InChI=1S/C22H34FN7O6S2/c1-16-8-9-18(13-24-16)25-22(31)26-19-10-17(23)11-20(12-19)36-21(14-29(6)37(32,33)27(2)3)15-30(7)38(34,35)28(4)5/h8-13,21H,14-15H2,1-7H3,(H2,25,26,31). The van der Waals surface area contributed by atoms with Crippen LogP contribution in [0.2, 0.25) is 0 Å². The quantitative estimate of drug-likeness (QED) is 0.389. The number of nitrogens with one attached hydrogen (secondary N) is 2. The normalized spacial score (nSPS) is 12.6. The average molecular weight is 576 g/mol. The number of pyridine rings is 1. The Bertz CT molecular complexity index is 1280. The minimum absolute atomic E-state index is 0.0476. The Hall–Kier alpha value is -2.89. The van der Waals surface area contributed by atoms with E-state index in [9.17, 15) is 26.0 Å². The molecule has 0 aliphatic carbocycles. The lowest BCUT2D eigenvalue weighted by atomic mass is 10.2. The van der Waals surface area contributed by atoms with Crippen LogP contribution < -0.4 is 15.4 Å². The number of carbonyl (C=O) groups is 1. The van der Waals surface area contributed by atoms with Crippen molar-refractivity contribution < 1.29 is 30.8 Å². The van der Waals surface area contributed by atoms with Crippen molar-refractivity contribution in [2.24, 2.45) is 0 Å². The van der Waals surface area contributed by atoms with E-state index in [0.717, 1.165) is 35.0 Å². The predicted molar refractivity (Wildman–Crippen MR) is 143 cm³/mol. The number of aryl methyl sites for hydroxylation is 1. The summed E-state index contributed by atoms with van der Waals surface area (Å²) in [5.41, 5.74) is 1.25. The molecule has 0 bridgehead atoms. The Labute approximate surface area is 223 Å². The SMILES string of the molecule is Cc1ccc(NC(=O)Nc2cc(F)cc(OC(CN(C)S(=O)(=O)N(C)C)CN(C)S(=O)(=O)N(C)C)c2)cn1. The van der Waals surface area contributed by atoms with Crippen LogP contribution in [0.25, 0.3) is 0 Å². The zero-order valence-electron chi connectivity index (χ0n) is 22.3. The van der Waals surface area contributed by atoms with Crippen molar-refractivity contribution in [1.82, 2.24) is 22.2 Å². The first kappa shape index (κ1) is 31.3. The minimum Gasteiger partial charge on any atom is -0.487 e. The number of anilines is 2. The van der Waals surface area contributed by atoms with Gasteiger partial charge in [-0.3, -0.25) is 4.98 Å². The van der Waals surface area contributed by atoms with Crippen molar-refractivity contribution in [1.29, 1.82) is 0 Å². The number of nitrogens with zero attached hydrogens (tertiary/aromatic N) is 5. The number of halogens is 1. The molecule has 1 heterocycles. The summed E-state index contributed by atoms with van der Waals surface area (Å²) < 4.78 is 74.5. The lowest BCUT2D eigenvalue weighted by Gasteiger charge is -2.30. The number of carbonyl (C=O) groups excluding carboxylic acids is 1. The highest BCUT2D eigenvalue weighted by atomic mass is 32.2. The fourth-order valence-corrected chi connectivity index (χ4v) is 5.01. The molecule has 0 aliphatic rings. The fourth-order valence-electron chi connectivity index (χ4n) is 3.18. The van der Waals surface area contributed by atoms with Crippen LogP contribution in [0.5, 0.6) is 5.75 Å². The maximum absolute atomic E-state index is 14.4. The highest BCUT2D eigenvalue weighted by Crippen LogP contribution is 2.23. The molecule has 38 heavy (non-hydrogen) atoms. The van der Waals surface area contributed by atoms with Gasteiger partial charge in [0.15, 0.2) is 0 Å². The van der Waals surface area contributed by atoms with Crippen molar-refractivity contribution in [3.63, 3.8) is 0 Å². The second kappa shape index (κ2) is 12.8. The summed E-state index contributed by atoms with van der Waals surface area (Å²) in [6.07, 6.45) is 0.424. The minimum atomic E-state index is -3.85. The van der Waals surface area contributed by atoms with Crippen molar-refractivity contribution in [3.8, 4) is 5.75 Å². The van der Waals surface area contributed by atoms with E-state index >= 15 is 0 Å². The van der Waals surface area contributed by atoms with Crippen molar-refractivity contribution >= 4 is 37.8 Å². The highest BCUT2D eigenvalue weighted by Gasteiger charge is 2.29. The van der Waals surface area contributed by atoms with E-state index < -0.39 is 38.4 Å². The van der Waals surface area contributed by atoms with Crippen LogP contribution in [-0.4, -0.2) is 107 Å². The molecule has 0 fully saturated rings. The van der Waals surface area contributed by atoms with Crippen LogP contribution in [0.3, 0.4) is 0 Å². The van der Waals surface area contributed by atoms with Crippen molar-refractivity contribution in [2.75, 3.05) is 66.0 Å². The molecule has 1 aromatic carbocycles. The summed E-state index contributed by atoms with van der Waals surface area (Å²) in [5.74, 6) is -0.786. The van der Waals surface area contributed by atoms with Crippen molar-refractivity contribution in [2.45, 2.75) is 13.0 Å². The van der Waals surface area contributed by atoms with Crippen LogP contribution in [0, 0.1) is 12.7 Å². The Morgan fingerprint density at radius 1 is 0.895 bits per heavy atom. The van der Waals surface area contributed by atoms with E-state index in [-0.39, 0.29) is 24.5 Å². The molecule has 2 amide bonds. The average Bonchev–Trinajstić information content (AvgIpc) is 2.79. The number of hydrogen-bond acceptors (Lipinski definition) is 7. The summed E-state index contributed by atoms with van der Waals surface area (Å²) >= 11 is 0. The molecule has 0 saturated heterocycles. The summed E-state index contributed by atoms with van der Waals surface area (Å²) in [6.45, 7) is 1.29. The third-order valence-corrected chi connectivity index (χ3v) is 8.95. The van der Waals surface area contributed by atoms with E-state index in [2.05, 4.69) is 15.6 Å². The molecule has 2 rings (SSSR count). The van der Waals surface area contributed by atoms with Gasteiger partial charge in [-0.15, -0.1) is 0 Å². The molecule has 0 saturated carbocycles. The first-order valence-corrected chi connectivity index (χ1v) is 14.1. The zero-order chi connectivity index (χ0) is 28.8. The van der Waals surface area contributed by atoms with Gasteiger partial charge in [-0.25, -0.2) is 9.18 Å². The molecule has 0 spiro atoms. The van der Waals surface area contributed by atoms with Crippen LogP contribution in [0.4, 0.5) is 20.6 Å². The first-order valence-electron chi connectivity index (χ1n) is 11.3. The molecule has 0 atom stereocenters. The maximum Gasteiger partial charge on any atom is 0.323 e. The van der Waals surface area contributed by atoms with Crippen molar-refractivity contribution in [3.05, 3.63) is 48.0 Å². The molecule has 2 N–H and O–H groups in total. The zero-order valence-corrected chi connectivity index (χ0v) is 24.0. The highest BCUT2D eigenvalue weighted by molar-refractivity contribution is 7.87. The van der Waals surface area contributed by atoms with Gasteiger partial charge in [0.25, 0.3) is 20.4 Å². The van der Waals surface area contributed by atoms with Gasteiger partial charge in [0.1, 0.15) is 17.7 Å². The monoisotopic (exact) mass is 575 g/mol. The third kappa shape index (κ3) is 8.57. The number of ether oxygens (including phenoxy) is 1. The molecule has 212 valence electrons. The number of benzene rings is 1. The Morgan fingerprint density at radius 3 is 1.89 bits per heavy atom. The van der Waals surface area contributed by atoms with E-state index in [4.69, 9.17) is 4.74 Å². The number of urea groups is 1. The molecule has 2 aromatic rings. The molecule has 13 nitrogen and oxygen atoms in total. The van der Waals surface area contributed by atoms with E-state index in [1.54, 1.807) is 19.1 Å². The molecule has 0 aliphatic heterocycles. The van der Waals surface area contributed by atoms with E-state index in [0.29, 0.717) is 5.69 Å². The Kier molecular flexibility index (Phi) is 10.5. The molecule has 0 unspecified atom stereocenters. The molecule has 1 aromatic heterocycles. The number of aromatic nitrogens is 1. The lowest BCUT2D eigenvalue weighted by Crippen LogP contribution is -2.48. The first-order chi connectivity index (χ1) is 17.5. The van der Waals surface area contributed by atoms with Gasteiger partial charge >= 0.3 is 6.03 Å². The molecule has 16 heteroatoms. The predicted octanol–water partition coefficient (Wildman–Crippen LogP) is 1.40. The van der Waals surface area contributed by atoms with Gasteiger partial charge in [-0.1, -0.05) is 0 Å². The van der Waals surface area contributed by atoms with Gasteiger partial charge in [-0.2, -0.15) is 34.1 Å². The lowest BCUT2D eigenvalue weighted by molar-refractivity contribution is 0.153. The van der Waals surface area contributed by atoms with E-state index in [1.165, 1.54) is 54.5 Å². The summed E-state index contributed by atoms with van der Waals surface area (Å²) in [7, 11) is 0.338. The summed E-state index contributed by atoms with van der Waals surface area (Å²) in [4.78, 5) is 16.5.